The van der Waals surface area contributed by atoms with Crippen molar-refractivity contribution in [2.45, 2.75) is 17.9 Å². The highest BCUT2D eigenvalue weighted by Crippen LogP contribution is 2.29. The second-order valence-corrected chi connectivity index (χ2v) is 7.44. The molecule has 8 heteroatoms. The van der Waals surface area contributed by atoms with Crippen molar-refractivity contribution in [3.63, 3.8) is 0 Å². The minimum absolute atomic E-state index is 0.215. The lowest BCUT2D eigenvalue weighted by Gasteiger charge is -2.33. The minimum Gasteiger partial charge on any atom is -0.378 e. The van der Waals surface area contributed by atoms with Crippen molar-refractivity contribution in [2.24, 2.45) is 0 Å². The molecule has 3 rings (SSSR count). The summed E-state index contributed by atoms with van der Waals surface area (Å²) >= 11 is 5.83. The van der Waals surface area contributed by atoms with Gasteiger partial charge in [-0.1, -0.05) is 11.6 Å². The van der Waals surface area contributed by atoms with Crippen LogP contribution in [0.5, 0.6) is 0 Å². The molecule has 1 aliphatic heterocycles. The number of nitrogens with one attached hydrogen (secondary N) is 1. The van der Waals surface area contributed by atoms with Crippen LogP contribution in [0.15, 0.2) is 35.4 Å². The maximum absolute atomic E-state index is 12.9. The number of benzene rings is 1. The quantitative estimate of drug-likeness (QED) is 0.928. The highest BCUT2D eigenvalue weighted by Gasteiger charge is 2.36. The molecular formula is C14H16ClN3O3S. The van der Waals surface area contributed by atoms with E-state index in [0.717, 1.165) is 5.69 Å². The van der Waals surface area contributed by atoms with Crippen LogP contribution in [0.3, 0.4) is 0 Å². The number of halogens is 1. The van der Waals surface area contributed by atoms with Crippen molar-refractivity contribution in [2.75, 3.05) is 19.8 Å². The summed E-state index contributed by atoms with van der Waals surface area (Å²) in [5.74, 6) is 0.592. The summed E-state index contributed by atoms with van der Waals surface area (Å²) in [5, 5.41) is 0.499. The molecule has 0 radical (unpaired) electrons. The van der Waals surface area contributed by atoms with Gasteiger partial charge in [0.25, 0.3) is 0 Å². The van der Waals surface area contributed by atoms with Gasteiger partial charge < -0.3 is 9.72 Å². The Bertz CT molecular complexity index is 758. The van der Waals surface area contributed by atoms with Crippen molar-refractivity contribution in [1.29, 1.82) is 0 Å². The van der Waals surface area contributed by atoms with E-state index in [0.29, 0.717) is 17.5 Å². The maximum atomic E-state index is 12.9. The minimum atomic E-state index is -3.63. The zero-order valence-corrected chi connectivity index (χ0v) is 13.6. The number of rotatable bonds is 3. The summed E-state index contributed by atoms with van der Waals surface area (Å²) in [6.07, 6.45) is 1.68. The van der Waals surface area contributed by atoms with Gasteiger partial charge in [0, 0.05) is 23.5 Å². The van der Waals surface area contributed by atoms with Gasteiger partial charge in [-0.3, -0.25) is 0 Å². The van der Waals surface area contributed by atoms with Gasteiger partial charge in [0.2, 0.25) is 10.0 Å². The van der Waals surface area contributed by atoms with E-state index in [9.17, 15) is 8.42 Å². The van der Waals surface area contributed by atoms with Crippen molar-refractivity contribution >= 4 is 21.6 Å². The molecule has 1 aromatic heterocycles. The zero-order valence-electron chi connectivity index (χ0n) is 12.0. The Labute approximate surface area is 134 Å². The molecule has 2 heterocycles. The van der Waals surface area contributed by atoms with Gasteiger partial charge in [-0.05, 0) is 31.2 Å². The lowest BCUT2D eigenvalue weighted by atomic mass is 10.2. The van der Waals surface area contributed by atoms with E-state index in [4.69, 9.17) is 16.3 Å². The van der Waals surface area contributed by atoms with Gasteiger partial charge in [-0.15, -0.1) is 0 Å². The summed E-state index contributed by atoms with van der Waals surface area (Å²) in [4.78, 5) is 7.55. The zero-order chi connectivity index (χ0) is 15.7. The van der Waals surface area contributed by atoms with Gasteiger partial charge in [0.05, 0.1) is 18.1 Å². The van der Waals surface area contributed by atoms with Gasteiger partial charge in [-0.2, -0.15) is 4.31 Å². The van der Waals surface area contributed by atoms with Crippen LogP contribution in [-0.4, -0.2) is 42.4 Å². The molecule has 1 aliphatic rings. The highest BCUT2D eigenvalue weighted by atomic mass is 35.5. The van der Waals surface area contributed by atoms with Crippen LogP contribution in [0.2, 0.25) is 5.02 Å². The van der Waals surface area contributed by atoms with Gasteiger partial charge >= 0.3 is 0 Å². The van der Waals surface area contributed by atoms with Crippen molar-refractivity contribution in [3.8, 4) is 0 Å². The Balaban J connectivity index is 1.97. The van der Waals surface area contributed by atoms with E-state index in [2.05, 4.69) is 9.97 Å². The molecule has 1 aromatic carbocycles. The number of H-pyrrole nitrogens is 1. The van der Waals surface area contributed by atoms with Crippen LogP contribution in [0.1, 0.15) is 17.6 Å². The molecule has 0 amide bonds. The van der Waals surface area contributed by atoms with E-state index >= 15 is 0 Å². The molecule has 2 aromatic rings. The average Bonchev–Trinajstić information content (AvgIpc) is 2.94. The van der Waals surface area contributed by atoms with Gasteiger partial charge in [0.1, 0.15) is 11.9 Å². The number of morpholine rings is 1. The second kappa shape index (κ2) is 6.00. The molecule has 118 valence electrons. The number of nitrogens with zero attached hydrogens (tertiary/aromatic N) is 2. The molecule has 0 bridgehead atoms. The number of aryl methyl sites for hydroxylation is 1. The smallest absolute Gasteiger partial charge is 0.243 e. The molecule has 0 unspecified atom stereocenters. The maximum Gasteiger partial charge on any atom is 0.243 e. The van der Waals surface area contributed by atoms with Gasteiger partial charge in [0.15, 0.2) is 0 Å². The van der Waals surface area contributed by atoms with Gasteiger partial charge in [-0.25, -0.2) is 13.4 Å². The molecular weight excluding hydrogens is 326 g/mol. The largest absolute Gasteiger partial charge is 0.378 e. The van der Waals surface area contributed by atoms with Crippen LogP contribution in [0.4, 0.5) is 0 Å². The van der Waals surface area contributed by atoms with Crippen molar-refractivity contribution in [1.82, 2.24) is 14.3 Å². The summed E-state index contributed by atoms with van der Waals surface area (Å²) < 4.78 is 32.6. The number of ether oxygens (including phenoxy) is 1. The predicted octanol–water partition coefficient (Wildman–Crippen LogP) is 2.13. The topological polar surface area (TPSA) is 75.3 Å². The summed E-state index contributed by atoms with van der Waals surface area (Å²) in [5.41, 5.74) is 0.879. The molecule has 0 spiro atoms. The Morgan fingerprint density at radius 2 is 2.09 bits per heavy atom. The molecule has 0 saturated carbocycles. The van der Waals surface area contributed by atoms with E-state index < -0.39 is 16.1 Å². The number of aromatic amines is 1. The fraction of sp³-hybridized carbons (Fsp3) is 0.357. The average molecular weight is 342 g/mol. The van der Waals surface area contributed by atoms with Crippen molar-refractivity contribution < 1.29 is 13.2 Å². The monoisotopic (exact) mass is 341 g/mol. The fourth-order valence-corrected chi connectivity index (χ4v) is 4.12. The van der Waals surface area contributed by atoms with Crippen LogP contribution < -0.4 is 0 Å². The lowest BCUT2D eigenvalue weighted by molar-refractivity contribution is 0.0292. The third-order valence-electron chi connectivity index (χ3n) is 3.54. The molecule has 1 fully saturated rings. The molecule has 1 N–H and O–H groups in total. The van der Waals surface area contributed by atoms with E-state index in [1.165, 1.54) is 16.4 Å². The van der Waals surface area contributed by atoms with Crippen LogP contribution in [-0.2, 0) is 14.8 Å². The number of sulfonamides is 1. The van der Waals surface area contributed by atoms with Crippen LogP contribution >= 0.6 is 11.6 Å². The van der Waals surface area contributed by atoms with Crippen molar-refractivity contribution in [3.05, 3.63) is 47.0 Å². The number of hydrogen-bond acceptors (Lipinski definition) is 4. The Kier molecular flexibility index (Phi) is 4.22. The highest BCUT2D eigenvalue weighted by molar-refractivity contribution is 7.89. The normalized spacial score (nSPS) is 20.2. The standard InChI is InChI=1S/C14H16ClN3O3S/c1-10-8-16-14(17-10)13-9-21-7-6-18(13)22(19,20)12-4-2-11(15)3-5-12/h2-5,8,13H,6-7,9H2,1H3,(H,16,17)/t13-/m1/s1. The number of aromatic nitrogens is 2. The third-order valence-corrected chi connectivity index (χ3v) is 5.71. The molecule has 22 heavy (non-hydrogen) atoms. The first-order valence-corrected chi connectivity index (χ1v) is 8.67. The molecule has 6 nitrogen and oxygen atoms in total. The fourth-order valence-electron chi connectivity index (χ4n) is 2.44. The summed E-state index contributed by atoms with van der Waals surface area (Å²) in [7, 11) is -3.63. The predicted molar refractivity (Wildman–Crippen MR) is 82.2 cm³/mol. The molecule has 1 saturated heterocycles. The molecule has 1 atom stereocenters. The first-order chi connectivity index (χ1) is 10.5. The third kappa shape index (κ3) is 2.89. The van der Waals surface area contributed by atoms with E-state index in [1.54, 1.807) is 18.3 Å². The molecule has 0 aliphatic carbocycles. The number of imidazole rings is 1. The Hall–Kier alpha value is -1.41. The van der Waals surface area contributed by atoms with Crippen LogP contribution in [0, 0.1) is 6.92 Å². The SMILES string of the molecule is Cc1cnc([C@H]2COCCN2S(=O)(=O)c2ccc(Cl)cc2)[nH]1. The Morgan fingerprint density at radius 3 is 2.73 bits per heavy atom. The Morgan fingerprint density at radius 1 is 1.36 bits per heavy atom. The first-order valence-electron chi connectivity index (χ1n) is 6.85. The number of hydrogen-bond donors (Lipinski definition) is 1. The first kappa shape index (κ1) is 15.5. The summed E-state index contributed by atoms with van der Waals surface area (Å²) in [6.45, 7) is 2.80. The summed E-state index contributed by atoms with van der Waals surface area (Å²) in [6, 6.07) is 5.71. The second-order valence-electron chi connectivity index (χ2n) is 5.11. The van der Waals surface area contributed by atoms with E-state index in [1.807, 2.05) is 6.92 Å². The lowest BCUT2D eigenvalue weighted by Crippen LogP contribution is -2.43. The van der Waals surface area contributed by atoms with Crippen LogP contribution in [0.25, 0.3) is 0 Å². The van der Waals surface area contributed by atoms with E-state index in [-0.39, 0.29) is 18.0 Å².